The van der Waals surface area contributed by atoms with Crippen LogP contribution in [0.25, 0.3) is 33.5 Å². The summed E-state index contributed by atoms with van der Waals surface area (Å²) in [6.45, 7) is 5.54. The lowest BCUT2D eigenvalue weighted by atomic mass is 10.1. The van der Waals surface area contributed by atoms with Gasteiger partial charge in [0.1, 0.15) is 0 Å². The van der Waals surface area contributed by atoms with Crippen molar-refractivity contribution in [1.29, 1.82) is 0 Å². The molecule has 6 heteroatoms. The van der Waals surface area contributed by atoms with Crippen LogP contribution in [0.4, 0.5) is 0 Å². The summed E-state index contributed by atoms with van der Waals surface area (Å²) in [6, 6.07) is 18.3. The molecule has 1 aliphatic heterocycles. The maximum atomic E-state index is 5.41. The molecule has 29 heavy (non-hydrogen) atoms. The van der Waals surface area contributed by atoms with Gasteiger partial charge < -0.3 is 4.74 Å². The lowest BCUT2D eigenvalue weighted by Crippen LogP contribution is -2.38. The normalized spacial score (nSPS) is 15.0. The third-order valence-electron chi connectivity index (χ3n) is 5.29. The molecule has 2 aromatic heterocycles. The third kappa shape index (κ3) is 4.04. The number of rotatable bonds is 5. The summed E-state index contributed by atoms with van der Waals surface area (Å²) in [5, 5.41) is 4.77. The first-order valence-corrected chi connectivity index (χ1v) is 10.0. The van der Waals surface area contributed by atoms with Crippen molar-refractivity contribution in [2.45, 2.75) is 6.54 Å². The smallest absolute Gasteiger partial charge is 0.0923 e. The van der Waals surface area contributed by atoms with Gasteiger partial charge in [0, 0.05) is 37.0 Å². The molecular weight excluding hydrogens is 362 g/mol. The fourth-order valence-corrected chi connectivity index (χ4v) is 3.64. The lowest BCUT2D eigenvalue weighted by Gasteiger charge is -2.26. The highest BCUT2D eigenvalue weighted by atomic mass is 16.5. The van der Waals surface area contributed by atoms with Gasteiger partial charge >= 0.3 is 0 Å². The Morgan fingerprint density at radius 1 is 0.828 bits per heavy atom. The molecule has 4 aromatic rings. The van der Waals surface area contributed by atoms with Crippen molar-refractivity contribution in [3.05, 3.63) is 67.0 Å². The van der Waals surface area contributed by atoms with Gasteiger partial charge in [-0.25, -0.2) is 4.98 Å². The number of aromatic nitrogens is 4. The maximum Gasteiger partial charge on any atom is 0.0923 e. The summed E-state index contributed by atoms with van der Waals surface area (Å²) in [7, 11) is 0. The van der Waals surface area contributed by atoms with Gasteiger partial charge in [0.05, 0.1) is 48.4 Å². The maximum absolute atomic E-state index is 5.41. The van der Waals surface area contributed by atoms with Crippen molar-refractivity contribution < 1.29 is 4.74 Å². The molecule has 0 saturated carbocycles. The number of nitrogens with zero attached hydrogens (tertiary/aromatic N) is 5. The Hall–Kier alpha value is -3.09. The molecule has 1 fully saturated rings. The number of para-hydroxylation sites is 2. The summed E-state index contributed by atoms with van der Waals surface area (Å²) in [5.41, 5.74) is 5.79. The van der Waals surface area contributed by atoms with Gasteiger partial charge in [-0.2, -0.15) is 5.10 Å². The highest BCUT2D eigenvalue weighted by Gasteiger charge is 2.11. The summed E-state index contributed by atoms with van der Waals surface area (Å²) in [4.78, 5) is 11.7. The van der Waals surface area contributed by atoms with Gasteiger partial charge in [0.15, 0.2) is 0 Å². The van der Waals surface area contributed by atoms with E-state index in [1.54, 1.807) is 0 Å². The van der Waals surface area contributed by atoms with E-state index in [2.05, 4.69) is 40.3 Å². The van der Waals surface area contributed by atoms with Crippen LogP contribution in [-0.4, -0.2) is 57.5 Å². The Morgan fingerprint density at radius 3 is 2.48 bits per heavy atom. The standard InChI is InChI=1S/C23H23N5O/c1-2-7-22-21(6-1)24-17-23(25-22)19-5-3-4-18(16-19)20-8-9-28(26-20)11-10-27-12-14-29-15-13-27/h1-9,16-17H,10-15H2. The topological polar surface area (TPSA) is 56.1 Å². The molecule has 5 rings (SSSR count). The van der Waals surface area contributed by atoms with Gasteiger partial charge in [-0.05, 0) is 24.3 Å². The summed E-state index contributed by atoms with van der Waals surface area (Å²) in [5.74, 6) is 0. The van der Waals surface area contributed by atoms with Crippen LogP contribution in [0.15, 0.2) is 67.0 Å². The Labute approximate surface area is 169 Å². The predicted molar refractivity (Wildman–Crippen MR) is 113 cm³/mol. The molecule has 0 aliphatic carbocycles. The molecule has 1 saturated heterocycles. The van der Waals surface area contributed by atoms with E-state index < -0.39 is 0 Å². The molecular formula is C23H23N5O. The number of morpholine rings is 1. The predicted octanol–water partition coefficient (Wildman–Crippen LogP) is 3.49. The second-order valence-corrected chi connectivity index (χ2v) is 7.24. The first-order valence-electron chi connectivity index (χ1n) is 10.0. The average Bonchev–Trinajstić information content (AvgIpc) is 3.27. The third-order valence-corrected chi connectivity index (χ3v) is 5.29. The number of hydrogen-bond acceptors (Lipinski definition) is 5. The van der Waals surface area contributed by atoms with Crippen LogP contribution in [0.1, 0.15) is 0 Å². The molecule has 0 amide bonds. The average molecular weight is 385 g/mol. The summed E-state index contributed by atoms with van der Waals surface area (Å²) < 4.78 is 7.43. The number of ether oxygens (including phenoxy) is 1. The van der Waals surface area contributed by atoms with E-state index in [0.29, 0.717) is 0 Å². The van der Waals surface area contributed by atoms with Crippen molar-refractivity contribution in [3.8, 4) is 22.5 Å². The fourth-order valence-electron chi connectivity index (χ4n) is 3.64. The fraction of sp³-hybridized carbons (Fsp3) is 0.261. The number of fused-ring (bicyclic) bond motifs is 1. The first kappa shape index (κ1) is 18.0. The van der Waals surface area contributed by atoms with Crippen LogP contribution in [0.3, 0.4) is 0 Å². The van der Waals surface area contributed by atoms with Crippen LogP contribution in [0.2, 0.25) is 0 Å². The zero-order valence-electron chi connectivity index (χ0n) is 16.2. The first-order chi connectivity index (χ1) is 14.3. The van der Waals surface area contributed by atoms with E-state index in [0.717, 1.165) is 72.9 Å². The van der Waals surface area contributed by atoms with E-state index in [-0.39, 0.29) is 0 Å². The second kappa shape index (κ2) is 8.11. The summed E-state index contributed by atoms with van der Waals surface area (Å²) >= 11 is 0. The van der Waals surface area contributed by atoms with Crippen molar-refractivity contribution in [2.75, 3.05) is 32.8 Å². The van der Waals surface area contributed by atoms with Gasteiger partial charge in [-0.1, -0.05) is 30.3 Å². The van der Waals surface area contributed by atoms with Gasteiger partial charge in [0.2, 0.25) is 0 Å². The van der Waals surface area contributed by atoms with Crippen LogP contribution in [-0.2, 0) is 11.3 Å². The van der Waals surface area contributed by atoms with E-state index in [1.807, 2.05) is 41.2 Å². The van der Waals surface area contributed by atoms with Crippen molar-refractivity contribution in [3.63, 3.8) is 0 Å². The van der Waals surface area contributed by atoms with E-state index in [4.69, 9.17) is 14.8 Å². The minimum Gasteiger partial charge on any atom is -0.379 e. The number of benzene rings is 2. The molecule has 0 atom stereocenters. The molecule has 3 heterocycles. The molecule has 1 aliphatic rings. The summed E-state index contributed by atoms with van der Waals surface area (Å²) in [6.07, 6.45) is 3.89. The molecule has 2 aromatic carbocycles. The van der Waals surface area contributed by atoms with Gasteiger partial charge in [0.25, 0.3) is 0 Å². The highest BCUT2D eigenvalue weighted by Crippen LogP contribution is 2.25. The van der Waals surface area contributed by atoms with Crippen LogP contribution in [0.5, 0.6) is 0 Å². The molecule has 0 bridgehead atoms. The molecule has 0 spiro atoms. The minimum absolute atomic E-state index is 0.828. The Balaban J connectivity index is 1.34. The zero-order chi connectivity index (χ0) is 19.5. The quantitative estimate of drug-likeness (QED) is 0.526. The second-order valence-electron chi connectivity index (χ2n) is 7.24. The molecule has 0 N–H and O–H groups in total. The molecule has 6 nitrogen and oxygen atoms in total. The largest absolute Gasteiger partial charge is 0.379 e. The van der Waals surface area contributed by atoms with Crippen LogP contribution >= 0.6 is 0 Å². The van der Waals surface area contributed by atoms with Gasteiger partial charge in [-0.15, -0.1) is 0 Å². The van der Waals surface area contributed by atoms with Crippen LogP contribution < -0.4 is 0 Å². The Bertz CT molecular complexity index is 1120. The molecule has 0 radical (unpaired) electrons. The van der Waals surface area contributed by atoms with E-state index in [1.165, 1.54) is 0 Å². The van der Waals surface area contributed by atoms with Gasteiger partial charge in [-0.3, -0.25) is 14.6 Å². The minimum atomic E-state index is 0.828. The van der Waals surface area contributed by atoms with Crippen LogP contribution in [0, 0.1) is 0 Å². The molecule has 146 valence electrons. The zero-order valence-corrected chi connectivity index (χ0v) is 16.2. The Morgan fingerprint density at radius 2 is 1.62 bits per heavy atom. The lowest BCUT2D eigenvalue weighted by molar-refractivity contribution is 0.0360. The highest BCUT2D eigenvalue weighted by molar-refractivity contribution is 5.78. The van der Waals surface area contributed by atoms with E-state index in [9.17, 15) is 0 Å². The SMILES string of the molecule is c1cc(-c2cnc3ccccc3n2)cc(-c2ccn(CCN3CCOCC3)n2)c1. The van der Waals surface area contributed by atoms with Crippen molar-refractivity contribution >= 4 is 11.0 Å². The van der Waals surface area contributed by atoms with Crippen molar-refractivity contribution in [2.24, 2.45) is 0 Å². The monoisotopic (exact) mass is 385 g/mol. The Kier molecular flexibility index (Phi) is 5.02. The van der Waals surface area contributed by atoms with Crippen molar-refractivity contribution in [1.82, 2.24) is 24.6 Å². The molecule has 0 unspecified atom stereocenters. The number of hydrogen-bond donors (Lipinski definition) is 0. The van der Waals surface area contributed by atoms with E-state index >= 15 is 0 Å².